The third-order valence-electron chi connectivity index (χ3n) is 8.27. The summed E-state index contributed by atoms with van der Waals surface area (Å²) < 4.78 is 25.8. The van der Waals surface area contributed by atoms with Crippen LogP contribution in [0.4, 0.5) is 16.3 Å². The highest BCUT2D eigenvalue weighted by Gasteiger charge is 2.33. The number of aromatic nitrogens is 2. The van der Waals surface area contributed by atoms with E-state index in [4.69, 9.17) is 16.7 Å². The number of benzene rings is 3. The summed E-state index contributed by atoms with van der Waals surface area (Å²) >= 11 is 6.50. The Morgan fingerprint density at radius 1 is 0.978 bits per heavy atom. The van der Waals surface area contributed by atoms with Gasteiger partial charge in [-0.25, -0.2) is 17.9 Å². The summed E-state index contributed by atoms with van der Waals surface area (Å²) in [5, 5.41) is 14.1. The number of Topliss-reactive ketones (excluding diaryl/α,β-unsaturated/α-hetero) is 1. The Kier molecular flexibility index (Phi) is 9.72. The van der Waals surface area contributed by atoms with Crippen molar-refractivity contribution >= 4 is 44.8 Å². The minimum absolute atomic E-state index is 0.0307. The second-order valence-electron chi connectivity index (χ2n) is 13.0. The zero-order chi connectivity index (χ0) is 33.2. The molecule has 1 fully saturated rings. The second kappa shape index (κ2) is 13.4. The van der Waals surface area contributed by atoms with E-state index in [1.807, 2.05) is 55.5 Å². The van der Waals surface area contributed by atoms with E-state index in [9.17, 15) is 18.0 Å². The van der Waals surface area contributed by atoms with E-state index in [-0.39, 0.29) is 32.6 Å². The van der Waals surface area contributed by atoms with E-state index >= 15 is 0 Å². The molecule has 1 unspecified atom stereocenters. The van der Waals surface area contributed by atoms with Gasteiger partial charge in [0.2, 0.25) is 0 Å². The number of nitrogens with one attached hydrogen (secondary N) is 3. The molecule has 1 aliphatic heterocycles. The lowest BCUT2D eigenvalue weighted by Gasteiger charge is -2.30. The van der Waals surface area contributed by atoms with Crippen LogP contribution >= 0.6 is 11.6 Å². The number of amides is 2. The van der Waals surface area contributed by atoms with Crippen molar-refractivity contribution in [1.82, 2.24) is 15.1 Å². The van der Waals surface area contributed by atoms with Gasteiger partial charge in [0.15, 0.2) is 15.6 Å². The lowest BCUT2D eigenvalue weighted by atomic mass is 9.76. The maximum Gasteiger partial charge on any atom is 0.324 e. The minimum atomic E-state index is -3.48. The van der Waals surface area contributed by atoms with Crippen molar-refractivity contribution in [1.29, 1.82) is 0 Å². The van der Waals surface area contributed by atoms with Crippen molar-refractivity contribution in [2.24, 2.45) is 5.92 Å². The van der Waals surface area contributed by atoms with Crippen LogP contribution < -0.4 is 16.0 Å². The van der Waals surface area contributed by atoms with Gasteiger partial charge in [-0.05, 0) is 86.8 Å². The summed E-state index contributed by atoms with van der Waals surface area (Å²) in [6.07, 6.45) is 2.67. The first-order chi connectivity index (χ1) is 21.7. The van der Waals surface area contributed by atoms with Crippen LogP contribution in [0.3, 0.4) is 0 Å². The Balaban J connectivity index is 1.42. The molecule has 3 N–H and O–H groups in total. The first-order valence-corrected chi connectivity index (χ1v) is 17.6. The lowest BCUT2D eigenvalue weighted by molar-refractivity contribution is 0.0916. The molecule has 4 aromatic rings. The predicted octanol–water partition coefficient (Wildman–Crippen LogP) is 7.15. The number of piperidine rings is 1. The topological polar surface area (TPSA) is 122 Å². The van der Waals surface area contributed by atoms with Gasteiger partial charge in [0.1, 0.15) is 5.82 Å². The Labute approximate surface area is 275 Å². The van der Waals surface area contributed by atoms with Gasteiger partial charge in [-0.3, -0.25) is 10.1 Å². The molecule has 1 aromatic heterocycles. The summed E-state index contributed by atoms with van der Waals surface area (Å²) in [6, 6.07) is 20.9. The molecular formula is C35H40ClN5O4S. The van der Waals surface area contributed by atoms with Crippen molar-refractivity contribution in [2.45, 2.75) is 56.8 Å². The number of hydrogen-bond donors (Lipinski definition) is 3. The number of aryl methyl sites for hydroxylation is 1. The average molecular weight is 662 g/mol. The van der Waals surface area contributed by atoms with Crippen molar-refractivity contribution in [3.63, 3.8) is 0 Å². The maximum atomic E-state index is 14.1. The molecule has 5 rings (SSSR count). The molecular weight excluding hydrogens is 622 g/mol. The highest BCUT2D eigenvalue weighted by atomic mass is 35.5. The number of carbonyl (C=O) groups excluding carboxylic acids is 2. The lowest BCUT2D eigenvalue weighted by Crippen LogP contribution is -2.34. The molecule has 0 radical (unpaired) electrons. The van der Waals surface area contributed by atoms with Gasteiger partial charge in [-0.2, -0.15) is 5.10 Å². The highest BCUT2D eigenvalue weighted by Crippen LogP contribution is 2.37. The van der Waals surface area contributed by atoms with Gasteiger partial charge < -0.3 is 10.6 Å². The molecule has 0 bridgehead atoms. The fraction of sp³-hybridized carbons (Fsp3) is 0.343. The zero-order valence-electron chi connectivity index (χ0n) is 26.7. The molecule has 0 spiro atoms. The summed E-state index contributed by atoms with van der Waals surface area (Å²) in [4.78, 5) is 27.5. The molecule has 1 saturated heterocycles. The number of rotatable bonds is 8. The zero-order valence-corrected chi connectivity index (χ0v) is 28.3. The number of sulfone groups is 1. The largest absolute Gasteiger partial charge is 0.324 e. The van der Waals surface area contributed by atoms with Crippen molar-refractivity contribution in [2.75, 3.05) is 30.0 Å². The van der Waals surface area contributed by atoms with Crippen LogP contribution in [-0.4, -0.2) is 49.4 Å². The van der Waals surface area contributed by atoms with Gasteiger partial charge in [0, 0.05) is 29.0 Å². The number of urea groups is 1. The number of halogens is 1. The summed E-state index contributed by atoms with van der Waals surface area (Å²) in [5.74, 6) is -0.165. The Bertz CT molecular complexity index is 1860. The van der Waals surface area contributed by atoms with Gasteiger partial charge in [-0.15, -0.1) is 0 Å². The number of carbonyl (C=O) groups is 2. The van der Waals surface area contributed by atoms with Crippen LogP contribution in [0.2, 0.25) is 5.02 Å². The van der Waals surface area contributed by atoms with E-state index in [0.717, 1.165) is 54.7 Å². The van der Waals surface area contributed by atoms with Crippen molar-refractivity contribution in [3.05, 3.63) is 100 Å². The van der Waals surface area contributed by atoms with Crippen LogP contribution in [-0.2, 0) is 15.3 Å². The molecule has 46 heavy (non-hydrogen) atoms. The minimum Gasteiger partial charge on any atom is -0.317 e. The van der Waals surface area contributed by atoms with Crippen molar-refractivity contribution in [3.8, 4) is 5.69 Å². The van der Waals surface area contributed by atoms with Gasteiger partial charge in [0.05, 0.1) is 27.2 Å². The molecule has 3 aromatic carbocycles. The number of hydrogen-bond acceptors (Lipinski definition) is 6. The molecule has 9 nitrogen and oxygen atoms in total. The molecule has 1 atom stereocenters. The molecule has 242 valence electrons. The molecule has 0 aliphatic carbocycles. The van der Waals surface area contributed by atoms with Crippen LogP contribution in [0.25, 0.3) is 5.69 Å². The second-order valence-corrected chi connectivity index (χ2v) is 15.4. The Hall–Kier alpha value is -3.99. The van der Waals surface area contributed by atoms with E-state index in [2.05, 4.69) is 36.7 Å². The fourth-order valence-electron chi connectivity index (χ4n) is 5.72. The number of anilines is 2. The first kappa shape index (κ1) is 33.4. The Morgan fingerprint density at radius 3 is 2.30 bits per heavy atom. The fourth-order valence-corrected chi connectivity index (χ4v) is 6.70. The monoisotopic (exact) mass is 661 g/mol. The average Bonchev–Trinajstić information content (AvgIpc) is 3.42. The van der Waals surface area contributed by atoms with Gasteiger partial charge >= 0.3 is 6.03 Å². The van der Waals surface area contributed by atoms with Crippen LogP contribution in [0.5, 0.6) is 0 Å². The number of nitrogens with zero attached hydrogens (tertiary/aromatic N) is 2. The van der Waals surface area contributed by atoms with E-state index in [1.54, 1.807) is 10.7 Å². The molecule has 1 aliphatic rings. The van der Waals surface area contributed by atoms with Crippen LogP contribution in [0, 0.1) is 12.8 Å². The van der Waals surface area contributed by atoms with E-state index in [1.165, 1.54) is 18.2 Å². The molecule has 0 saturated carbocycles. The smallest absolute Gasteiger partial charge is 0.317 e. The van der Waals surface area contributed by atoms with Gasteiger partial charge in [-0.1, -0.05) is 62.2 Å². The SMILES string of the molecule is Cc1ccc(-n2nc(C(C)(C)C)cc2NC(=O)Nc2cccc(C(C(=O)c3ccc(S(C)(=O)=O)cc3Cl)C3CCNCC3)c2)cc1. The van der Waals surface area contributed by atoms with Crippen molar-refractivity contribution < 1.29 is 18.0 Å². The molecule has 2 heterocycles. The maximum absolute atomic E-state index is 14.1. The van der Waals surface area contributed by atoms with Crippen LogP contribution in [0.1, 0.15) is 66.7 Å². The number of ketones is 1. The predicted molar refractivity (Wildman–Crippen MR) is 183 cm³/mol. The first-order valence-electron chi connectivity index (χ1n) is 15.3. The van der Waals surface area contributed by atoms with Gasteiger partial charge in [0.25, 0.3) is 0 Å². The third-order valence-corrected chi connectivity index (χ3v) is 9.70. The van der Waals surface area contributed by atoms with E-state index < -0.39 is 21.8 Å². The summed E-state index contributed by atoms with van der Waals surface area (Å²) in [5.41, 5.74) is 4.08. The molecule has 11 heteroatoms. The highest BCUT2D eigenvalue weighted by molar-refractivity contribution is 7.90. The normalized spacial score (nSPS) is 14.9. The Morgan fingerprint density at radius 2 is 1.67 bits per heavy atom. The van der Waals surface area contributed by atoms with Crippen LogP contribution in [0.15, 0.2) is 77.7 Å². The quantitative estimate of drug-likeness (QED) is 0.173. The van der Waals surface area contributed by atoms with E-state index in [0.29, 0.717) is 11.5 Å². The standard InChI is InChI=1S/C35H40ClN5O4S/c1-22-9-11-26(12-10-22)41-31(21-30(40-41)35(2,3)4)39-34(43)38-25-8-6-7-24(19-25)32(23-15-17-37-18-16-23)33(42)28-14-13-27(20-29(28)36)46(5,44)45/h6-14,19-21,23,32,37H,15-18H2,1-5H3,(H2,38,39,43). The molecule has 2 amide bonds. The third kappa shape index (κ3) is 7.68. The summed E-state index contributed by atoms with van der Waals surface area (Å²) in [7, 11) is -3.48. The summed E-state index contributed by atoms with van der Waals surface area (Å²) in [6.45, 7) is 9.77.